The van der Waals surface area contributed by atoms with E-state index in [4.69, 9.17) is 4.74 Å². The molecule has 4 rings (SSSR count). The van der Waals surface area contributed by atoms with Gasteiger partial charge in [0, 0.05) is 29.8 Å². The lowest BCUT2D eigenvalue weighted by Crippen LogP contribution is -2.14. The fraction of sp³-hybridized carbons (Fsp3) is 0.367. The molecule has 1 unspecified atom stereocenters. The van der Waals surface area contributed by atoms with Crippen molar-refractivity contribution < 1.29 is 14.3 Å². The van der Waals surface area contributed by atoms with Gasteiger partial charge in [0.2, 0.25) is 0 Å². The summed E-state index contributed by atoms with van der Waals surface area (Å²) in [4.78, 5) is 32.7. The van der Waals surface area contributed by atoms with Gasteiger partial charge in [0.1, 0.15) is 5.76 Å². The van der Waals surface area contributed by atoms with Gasteiger partial charge in [-0.1, -0.05) is 63.6 Å². The monoisotopic (exact) mass is 487 g/mol. The Bertz CT molecular complexity index is 1290. The molecule has 0 saturated carbocycles. The maximum atomic E-state index is 13.9. The van der Waals surface area contributed by atoms with Gasteiger partial charge in [0.05, 0.1) is 16.1 Å². The molecule has 1 atom stereocenters. The van der Waals surface area contributed by atoms with Gasteiger partial charge in [-0.25, -0.2) is 9.78 Å². The Hall–Kier alpha value is -3.05. The minimum absolute atomic E-state index is 0.0183. The van der Waals surface area contributed by atoms with E-state index in [1.165, 1.54) is 4.88 Å². The summed E-state index contributed by atoms with van der Waals surface area (Å²) in [7, 11) is 0. The van der Waals surface area contributed by atoms with Gasteiger partial charge in [0.25, 0.3) is 0 Å². The number of hydrogen-bond acceptors (Lipinski definition) is 5. The number of nitrogens with zero attached hydrogens (tertiary/aromatic N) is 1. The number of rotatable bonds is 6. The topological polar surface area (TPSA) is 56.3 Å². The van der Waals surface area contributed by atoms with Gasteiger partial charge in [0.15, 0.2) is 5.78 Å². The van der Waals surface area contributed by atoms with Crippen LogP contribution >= 0.6 is 11.3 Å². The third-order valence-corrected chi connectivity index (χ3v) is 7.90. The van der Waals surface area contributed by atoms with Crippen molar-refractivity contribution >= 4 is 28.7 Å². The molecule has 35 heavy (non-hydrogen) atoms. The standard InChI is InChI=1S/C30H33NO3S/c1-7-20-14-18(2)13-19(3)26(20)27-23(34-29(33)21-11-9-8-10-12-21)15-22(28(27)32)16-25-31-17-24(35-25)30(4,5)6/h8-14,17,22H,7,15-16H2,1-6H3. The Morgan fingerprint density at radius 3 is 2.49 bits per heavy atom. The number of esters is 1. The van der Waals surface area contributed by atoms with Crippen molar-refractivity contribution in [2.75, 3.05) is 0 Å². The van der Waals surface area contributed by atoms with Crippen LogP contribution in [0.2, 0.25) is 0 Å². The lowest BCUT2D eigenvalue weighted by atomic mass is 9.89. The summed E-state index contributed by atoms with van der Waals surface area (Å²) >= 11 is 1.66. The average molecular weight is 488 g/mol. The lowest BCUT2D eigenvalue weighted by molar-refractivity contribution is -0.116. The Morgan fingerprint density at radius 1 is 1.14 bits per heavy atom. The first-order chi connectivity index (χ1) is 16.6. The number of hydrogen-bond donors (Lipinski definition) is 0. The number of Topliss-reactive ketones (excluding diaryl/α,β-unsaturated/α-hetero) is 1. The van der Waals surface area contributed by atoms with Crippen LogP contribution in [0, 0.1) is 19.8 Å². The average Bonchev–Trinajstić information content (AvgIpc) is 3.39. The first-order valence-electron chi connectivity index (χ1n) is 12.2. The van der Waals surface area contributed by atoms with Gasteiger partial charge in [-0.05, 0) is 54.5 Å². The zero-order valence-electron chi connectivity index (χ0n) is 21.4. The Balaban J connectivity index is 1.72. The molecule has 0 N–H and O–H groups in total. The van der Waals surface area contributed by atoms with Crippen LogP contribution in [0.4, 0.5) is 0 Å². The second-order valence-electron chi connectivity index (χ2n) is 10.4. The molecular weight excluding hydrogens is 454 g/mol. The zero-order valence-corrected chi connectivity index (χ0v) is 22.2. The van der Waals surface area contributed by atoms with Crippen molar-refractivity contribution in [1.82, 2.24) is 4.98 Å². The summed E-state index contributed by atoms with van der Waals surface area (Å²) in [6.07, 6.45) is 3.65. The Labute approximate surface area is 212 Å². The number of aromatic nitrogens is 1. The summed E-state index contributed by atoms with van der Waals surface area (Å²) in [5, 5.41) is 0.944. The fourth-order valence-corrected chi connectivity index (χ4v) is 5.74. The van der Waals surface area contributed by atoms with Crippen molar-refractivity contribution in [3.63, 3.8) is 0 Å². The molecule has 1 aromatic heterocycles. The lowest BCUT2D eigenvalue weighted by Gasteiger charge is -2.16. The molecule has 0 saturated heterocycles. The van der Waals surface area contributed by atoms with E-state index in [-0.39, 0.29) is 17.1 Å². The van der Waals surface area contributed by atoms with Crippen LogP contribution in [0.25, 0.3) is 5.57 Å². The minimum atomic E-state index is -0.432. The van der Waals surface area contributed by atoms with Gasteiger partial charge >= 0.3 is 5.97 Å². The molecule has 5 heteroatoms. The van der Waals surface area contributed by atoms with Gasteiger partial charge < -0.3 is 4.74 Å². The third kappa shape index (κ3) is 5.30. The van der Waals surface area contributed by atoms with E-state index in [0.717, 1.165) is 33.7 Å². The number of benzene rings is 2. The van der Waals surface area contributed by atoms with E-state index in [1.807, 2.05) is 31.3 Å². The molecule has 1 heterocycles. The summed E-state index contributed by atoms with van der Waals surface area (Å²) in [5.41, 5.74) is 5.25. The number of thiazole rings is 1. The molecule has 0 aliphatic heterocycles. The van der Waals surface area contributed by atoms with Crippen LogP contribution in [-0.2, 0) is 27.8 Å². The van der Waals surface area contributed by atoms with Crippen LogP contribution in [0.5, 0.6) is 0 Å². The van der Waals surface area contributed by atoms with E-state index in [1.54, 1.807) is 23.5 Å². The maximum absolute atomic E-state index is 13.9. The minimum Gasteiger partial charge on any atom is -0.427 e. The molecule has 0 spiro atoms. The van der Waals surface area contributed by atoms with E-state index in [2.05, 4.69) is 51.7 Å². The highest BCUT2D eigenvalue weighted by atomic mass is 32.1. The predicted molar refractivity (Wildman–Crippen MR) is 142 cm³/mol. The summed E-state index contributed by atoms with van der Waals surface area (Å²) in [5.74, 6) is -0.218. The Kier molecular flexibility index (Phi) is 7.09. The number of ether oxygens (including phenoxy) is 1. The van der Waals surface area contributed by atoms with Crippen LogP contribution in [0.3, 0.4) is 0 Å². The maximum Gasteiger partial charge on any atom is 0.343 e. The highest BCUT2D eigenvalue weighted by Gasteiger charge is 2.38. The van der Waals surface area contributed by atoms with Crippen LogP contribution < -0.4 is 0 Å². The van der Waals surface area contributed by atoms with Crippen molar-refractivity contribution in [2.24, 2.45) is 5.92 Å². The molecule has 0 fully saturated rings. The third-order valence-electron chi connectivity index (χ3n) is 6.46. The molecule has 1 aliphatic rings. The van der Waals surface area contributed by atoms with Gasteiger partial charge in [-0.3, -0.25) is 4.79 Å². The summed E-state index contributed by atoms with van der Waals surface area (Å²) in [6, 6.07) is 13.2. The summed E-state index contributed by atoms with van der Waals surface area (Å²) < 4.78 is 5.95. The molecule has 0 bridgehead atoms. The smallest absolute Gasteiger partial charge is 0.343 e. The van der Waals surface area contributed by atoms with Crippen molar-refractivity contribution in [1.29, 1.82) is 0 Å². The molecule has 182 valence electrons. The quantitative estimate of drug-likeness (QED) is 0.351. The number of carbonyl (C=O) groups excluding carboxylic acids is 2. The predicted octanol–water partition coefficient (Wildman–Crippen LogP) is 7.02. The molecule has 4 nitrogen and oxygen atoms in total. The zero-order chi connectivity index (χ0) is 25.3. The number of aryl methyl sites for hydroxylation is 3. The van der Waals surface area contributed by atoms with Gasteiger partial charge in [-0.15, -0.1) is 11.3 Å². The summed E-state index contributed by atoms with van der Waals surface area (Å²) in [6.45, 7) is 12.7. The van der Waals surface area contributed by atoms with Crippen LogP contribution in [-0.4, -0.2) is 16.7 Å². The SMILES string of the molecule is CCc1cc(C)cc(C)c1C1=C(OC(=O)c2ccccc2)CC(Cc2ncc(C(C)(C)C)s2)C1=O. The van der Waals surface area contributed by atoms with E-state index < -0.39 is 5.97 Å². The van der Waals surface area contributed by atoms with Crippen molar-refractivity contribution in [3.8, 4) is 0 Å². The second kappa shape index (κ2) is 9.90. The molecular formula is C30H33NO3S. The molecule has 0 radical (unpaired) electrons. The molecule has 3 aromatic rings. The number of allylic oxidation sites excluding steroid dienone is 2. The fourth-order valence-electron chi connectivity index (χ4n) is 4.68. The van der Waals surface area contributed by atoms with Crippen molar-refractivity contribution in [3.05, 3.63) is 92.1 Å². The molecule has 1 aliphatic carbocycles. The highest BCUT2D eigenvalue weighted by molar-refractivity contribution is 7.11. The van der Waals surface area contributed by atoms with Crippen molar-refractivity contribution in [2.45, 2.75) is 66.2 Å². The second-order valence-corrected chi connectivity index (χ2v) is 11.5. The highest BCUT2D eigenvalue weighted by Crippen LogP contribution is 2.41. The molecule has 2 aromatic carbocycles. The number of ketones is 1. The normalized spacial score (nSPS) is 16.2. The van der Waals surface area contributed by atoms with E-state index in [9.17, 15) is 9.59 Å². The van der Waals surface area contributed by atoms with Crippen LogP contribution in [0.15, 0.2) is 54.4 Å². The van der Waals surface area contributed by atoms with E-state index >= 15 is 0 Å². The molecule has 0 amide bonds. The number of carbonyl (C=O) groups is 2. The largest absolute Gasteiger partial charge is 0.427 e. The Morgan fingerprint density at radius 2 is 1.86 bits per heavy atom. The first kappa shape index (κ1) is 25.1. The van der Waals surface area contributed by atoms with Crippen LogP contribution in [0.1, 0.15) is 76.6 Å². The first-order valence-corrected chi connectivity index (χ1v) is 13.0. The van der Waals surface area contributed by atoms with E-state index in [0.29, 0.717) is 29.7 Å². The van der Waals surface area contributed by atoms with Gasteiger partial charge in [-0.2, -0.15) is 0 Å².